The van der Waals surface area contributed by atoms with Gasteiger partial charge in [0.05, 0.1) is 17.2 Å². The van der Waals surface area contributed by atoms with Crippen LogP contribution in [0.5, 0.6) is 0 Å². The molecule has 35 heavy (non-hydrogen) atoms. The third-order valence-electron chi connectivity index (χ3n) is 7.36. The van der Waals surface area contributed by atoms with Crippen molar-refractivity contribution in [2.75, 3.05) is 10.6 Å². The number of rotatable bonds is 6. The second-order valence-electron chi connectivity index (χ2n) is 9.68. The van der Waals surface area contributed by atoms with E-state index in [1.165, 1.54) is 0 Å². The van der Waals surface area contributed by atoms with Crippen molar-refractivity contribution in [1.82, 2.24) is 4.72 Å². The molecule has 7 nitrogen and oxygen atoms in total. The first kappa shape index (κ1) is 21.9. The van der Waals surface area contributed by atoms with E-state index in [-0.39, 0.29) is 17.4 Å². The van der Waals surface area contributed by atoms with Gasteiger partial charge in [-0.05, 0) is 66.3 Å². The molecule has 2 amide bonds. The highest BCUT2D eigenvalue weighted by atomic mass is 32.2. The molecular formula is C27H25N3O4S. The van der Waals surface area contributed by atoms with Gasteiger partial charge in [-0.2, -0.15) is 0 Å². The lowest BCUT2D eigenvalue weighted by Gasteiger charge is -2.19. The van der Waals surface area contributed by atoms with Crippen molar-refractivity contribution in [3.8, 4) is 0 Å². The van der Waals surface area contributed by atoms with E-state index in [0.29, 0.717) is 25.1 Å². The number of nitrogens with zero attached hydrogens (tertiary/aromatic N) is 1. The number of nitrogen functional groups attached to an aromatic ring is 1. The van der Waals surface area contributed by atoms with E-state index in [2.05, 4.69) is 4.72 Å². The van der Waals surface area contributed by atoms with Gasteiger partial charge in [0, 0.05) is 22.9 Å². The van der Waals surface area contributed by atoms with Crippen LogP contribution in [-0.4, -0.2) is 25.5 Å². The fourth-order valence-corrected chi connectivity index (χ4v) is 6.53. The molecule has 1 aliphatic heterocycles. The zero-order chi connectivity index (χ0) is 24.4. The molecular weight excluding hydrogens is 462 g/mol. The Morgan fingerprint density at radius 2 is 1.69 bits per heavy atom. The molecule has 0 bridgehead atoms. The van der Waals surface area contributed by atoms with Gasteiger partial charge in [-0.25, -0.2) is 13.1 Å². The predicted molar refractivity (Wildman–Crippen MR) is 133 cm³/mol. The van der Waals surface area contributed by atoms with Crippen molar-refractivity contribution in [2.45, 2.75) is 42.4 Å². The molecule has 2 saturated carbocycles. The smallest absolute Gasteiger partial charge is 0.264 e. The van der Waals surface area contributed by atoms with E-state index < -0.39 is 26.6 Å². The van der Waals surface area contributed by atoms with Gasteiger partial charge in [-0.15, -0.1) is 0 Å². The molecule has 2 aliphatic carbocycles. The first-order valence-electron chi connectivity index (χ1n) is 11.7. The normalized spacial score (nSPS) is 22.8. The van der Waals surface area contributed by atoms with Gasteiger partial charge in [0.15, 0.2) is 0 Å². The number of hydrogen-bond acceptors (Lipinski definition) is 5. The second-order valence-corrected chi connectivity index (χ2v) is 11.6. The van der Waals surface area contributed by atoms with Crippen LogP contribution < -0.4 is 15.4 Å². The quantitative estimate of drug-likeness (QED) is 0.518. The maximum Gasteiger partial charge on any atom is 0.264 e. The lowest BCUT2D eigenvalue weighted by Crippen LogP contribution is -2.33. The van der Waals surface area contributed by atoms with E-state index in [9.17, 15) is 18.0 Å². The van der Waals surface area contributed by atoms with Crippen LogP contribution in [0.4, 0.5) is 11.4 Å². The van der Waals surface area contributed by atoms with Gasteiger partial charge in [0.25, 0.3) is 5.91 Å². The fraction of sp³-hybridized carbons (Fsp3) is 0.259. The number of fused-ring (bicyclic) bond motifs is 2. The van der Waals surface area contributed by atoms with Gasteiger partial charge < -0.3 is 10.6 Å². The Balaban J connectivity index is 1.23. The molecule has 1 spiro atoms. The van der Waals surface area contributed by atoms with Crippen LogP contribution in [0.2, 0.25) is 0 Å². The Kier molecular flexibility index (Phi) is 4.79. The Hall–Kier alpha value is -3.65. The second kappa shape index (κ2) is 7.68. The molecule has 0 aromatic heterocycles. The summed E-state index contributed by atoms with van der Waals surface area (Å²) in [6, 6.07) is 22.4. The van der Waals surface area contributed by atoms with Crippen molar-refractivity contribution in [3.63, 3.8) is 0 Å². The highest BCUT2D eigenvalue weighted by molar-refractivity contribution is 7.91. The maximum atomic E-state index is 13.8. The number of carbonyl (C=O) groups excluding carboxylic acids is 2. The summed E-state index contributed by atoms with van der Waals surface area (Å²) in [5, 5.41) is -0.459. The molecule has 3 aromatic carbocycles. The van der Waals surface area contributed by atoms with Gasteiger partial charge in [-0.1, -0.05) is 42.5 Å². The van der Waals surface area contributed by atoms with Crippen LogP contribution in [0.1, 0.15) is 52.2 Å². The Labute approximate surface area is 204 Å². The van der Waals surface area contributed by atoms with E-state index in [4.69, 9.17) is 5.73 Å². The summed E-state index contributed by atoms with van der Waals surface area (Å²) in [5.41, 5.74) is 10.2. The molecule has 3 N–H and O–H groups in total. The predicted octanol–water partition coefficient (Wildman–Crippen LogP) is 3.46. The standard InChI is InChI=1S/C27H25N3O4S/c28-20-11-9-18(10-12-20)23-15-27(23)22-3-1-2-4-24(22)30(26(27)32)16-17-5-7-19(8-6-17)25(31)29-35(33,34)21-13-14-21/h1-12,21,23H,13-16,28H2,(H,29,31)/t23-,27-/m0/s1. The van der Waals surface area contributed by atoms with Crippen LogP contribution in [0.15, 0.2) is 72.8 Å². The lowest BCUT2D eigenvalue weighted by molar-refractivity contribution is -0.120. The number of nitrogens with two attached hydrogens (primary N) is 1. The van der Waals surface area contributed by atoms with Crippen molar-refractivity contribution >= 4 is 33.2 Å². The number of carbonyl (C=O) groups is 2. The molecule has 3 aliphatic rings. The number of para-hydroxylation sites is 1. The molecule has 2 atom stereocenters. The Bertz CT molecular complexity index is 1450. The minimum absolute atomic E-state index is 0.0814. The Morgan fingerprint density at radius 3 is 2.37 bits per heavy atom. The number of anilines is 2. The van der Waals surface area contributed by atoms with Gasteiger partial charge in [0.2, 0.25) is 15.9 Å². The molecule has 3 aromatic rings. The maximum absolute atomic E-state index is 13.8. The van der Waals surface area contributed by atoms with E-state index in [1.807, 2.05) is 53.4 Å². The summed E-state index contributed by atoms with van der Waals surface area (Å²) in [6.45, 7) is 0.369. The zero-order valence-corrected chi connectivity index (χ0v) is 19.8. The number of sulfonamides is 1. The van der Waals surface area contributed by atoms with Crippen molar-refractivity contribution in [1.29, 1.82) is 0 Å². The van der Waals surface area contributed by atoms with Crippen LogP contribution in [0.3, 0.4) is 0 Å². The lowest BCUT2D eigenvalue weighted by atomic mass is 9.92. The summed E-state index contributed by atoms with van der Waals surface area (Å²) in [7, 11) is -3.60. The first-order chi connectivity index (χ1) is 16.8. The minimum Gasteiger partial charge on any atom is -0.399 e. The van der Waals surface area contributed by atoms with E-state index >= 15 is 0 Å². The van der Waals surface area contributed by atoms with Crippen LogP contribution >= 0.6 is 0 Å². The monoisotopic (exact) mass is 487 g/mol. The zero-order valence-electron chi connectivity index (χ0n) is 19.0. The van der Waals surface area contributed by atoms with Gasteiger partial charge >= 0.3 is 0 Å². The molecule has 1 heterocycles. The topological polar surface area (TPSA) is 110 Å². The van der Waals surface area contributed by atoms with Crippen molar-refractivity contribution in [2.24, 2.45) is 0 Å². The molecule has 8 heteroatoms. The Morgan fingerprint density at radius 1 is 1.00 bits per heavy atom. The summed E-state index contributed by atoms with van der Waals surface area (Å²) in [5.74, 6) is -0.437. The van der Waals surface area contributed by atoms with Gasteiger partial charge in [0.1, 0.15) is 0 Å². The first-order valence-corrected chi connectivity index (χ1v) is 13.3. The largest absolute Gasteiger partial charge is 0.399 e. The van der Waals surface area contributed by atoms with Gasteiger partial charge in [-0.3, -0.25) is 9.59 Å². The van der Waals surface area contributed by atoms with Crippen LogP contribution in [-0.2, 0) is 26.8 Å². The van der Waals surface area contributed by atoms with Crippen LogP contribution in [0.25, 0.3) is 0 Å². The number of benzene rings is 3. The molecule has 6 rings (SSSR count). The van der Waals surface area contributed by atoms with Crippen LogP contribution in [0, 0.1) is 0 Å². The molecule has 0 unspecified atom stereocenters. The third kappa shape index (κ3) is 3.60. The van der Waals surface area contributed by atoms with E-state index in [1.54, 1.807) is 24.3 Å². The highest BCUT2D eigenvalue weighted by Crippen LogP contribution is 2.66. The third-order valence-corrected chi connectivity index (χ3v) is 9.18. The number of nitrogens with one attached hydrogen (secondary N) is 1. The summed E-state index contributed by atoms with van der Waals surface area (Å²) in [4.78, 5) is 28.0. The highest BCUT2D eigenvalue weighted by Gasteiger charge is 2.67. The van der Waals surface area contributed by atoms with E-state index in [0.717, 1.165) is 28.8 Å². The summed E-state index contributed by atoms with van der Waals surface area (Å²) >= 11 is 0. The average Bonchev–Trinajstić information content (AvgIpc) is 3.76. The van der Waals surface area contributed by atoms with Crippen molar-refractivity contribution in [3.05, 3.63) is 95.1 Å². The SMILES string of the molecule is Nc1ccc([C@@H]2C[C@@]23C(=O)N(Cc2ccc(C(=O)NS(=O)(=O)C4CC4)cc2)c2ccccc23)cc1. The fourth-order valence-electron chi connectivity index (χ4n) is 5.23. The number of amides is 2. The molecule has 2 fully saturated rings. The van der Waals surface area contributed by atoms with Crippen molar-refractivity contribution < 1.29 is 18.0 Å². The molecule has 178 valence electrons. The minimum atomic E-state index is -3.60. The average molecular weight is 488 g/mol. The molecule has 0 saturated heterocycles. The summed E-state index contributed by atoms with van der Waals surface area (Å²) in [6.07, 6.45) is 1.94. The summed E-state index contributed by atoms with van der Waals surface area (Å²) < 4.78 is 26.3. The molecule has 0 radical (unpaired) electrons. The number of hydrogen-bond donors (Lipinski definition) is 2.